The highest BCUT2D eigenvalue weighted by Crippen LogP contribution is 2.35. The van der Waals surface area contributed by atoms with Gasteiger partial charge in [-0.05, 0) is 19.8 Å². The van der Waals surface area contributed by atoms with Crippen LogP contribution in [-0.2, 0) is 4.74 Å². The Morgan fingerprint density at radius 1 is 1.70 bits per heavy atom. The number of ether oxygens (including phenoxy) is 1. The lowest BCUT2D eigenvalue weighted by atomic mass is 10.3. The normalized spacial score (nSPS) is 33.0. The van der Waals surface area contributed by atoms with Crippen molar-refractivity contribution in [2.75, 3.05) is 18.9 Å². The van der Waals surface area contributed by atoms with Crippen molar-refractivity contribution >= 4 is 11.8 Å². The van der Waals surface area contributed by atoms with E-state index in [1.807, 2.05) is 11.8 Å². The summed E-state index contributed by atoms with van der Waals surface area (Å²) in [6.07, 6.45) is 2.38. The molecule has 1 saturated heterocycles. The van der Waals surface area contributed by atoms with Gasteiger partial charge < -0.3 is 10.5 Å². The SMILES string of the molecule is CC1(SCCN)CCCO1. The molecular weight excluding hydrogens is 146 g/mol. The van der Waals surface area contributed by atoms with Gasteiger partial charge in [-0.15, -0.1) is 11.8 Å². The van der Waals surface area contributed by atoms with Crippen molar-refractivity contribution < 1.29 is 4.74 Å². The first kappa shape index (κ1) is 8.37. The van der Waals surface area contributed by atoms with E-state index in [0.717, 1.165) is 18.9 Å². The Balaban J connectivity index is 2.22. The predicted octanol–water partition coefficient (Wildman–Crippen LogP) is 1.20. The summed E-state index contributed by atoms with van der Waals surface area (Å²) in [5, 5.41) is 0. The second-order valence-corrected chi connectivity index (χ2v) is 4.28. The average Bonchev–Trinajstić information content (AvgIpc) is 2.33. The van der Waals surface area contributed by atoms with Crippen LogP contribution in [0.4, 0.5) is 0 Å². The molecule has 10 heavy (non-hydrogen) atoms. The summed E-state index contributed by atoms with van der Waals surface area (Å²) in [4.78, 5) is 0.0827. The lowest BCUT2D eigenvalue weighted by molar-refractivity contribution is 0.0971. The molecule has 0 aromatic rings. The molecule has 0 aromatic carbocycles. The van der Waals surface area contributed by atoms with Gasteiger partial charge in [0.25, 0.3) is 0 Å². The van der Waals surface area contributed by atoms with E-state index < -0.39 is 0 Å². The van der Waals surface area contributed by atoms with Crippen LogP contribution < -0.4 is 5.73 Å². The summed E-state index contributed by atoms with van der Waals surface area (Å²) in [5.74, 6) is 1.01. The molecule has 0 spiro atoms. The largest absolute Gasteiger partial charge is 0.365 e. The third-order valence-corrected chi connectivity index (χ3v) is 3.08. The van der Waals surface area contributed by atoms with Gasteiger partial charge in [-0.25, -0.2) is 0 Å². The molecule has 60 valence electrons. The Hall–Kier alpha value is 0.270. The summed E-state index contributed by atoms with van der Waals surface area (Å²) >= 11 is 1.84. The van der Waals surface area contributed by atoms with Crippen LogP contribution in [0.2, 0.25) is 0 Å². The third kappa shape index (κ3) is 2.15. The second-order valence-electron chi connectivity index (χ2n) is 2.72. The summed E-state index contributed by atoms with van der Waals surface area (Å²) in [7, 11) is 0. The minimum Gasteiger partial charge on any atom is -0.365 e. The highest BCUT2D eigenvalue weighted by Gasteiger charge is 2.29. The molecule has 2 nitrogen and oxygen atoms in total. The molecule has 3 heteroatoms. The van der Waals surface area contributed by atoms with E-state index in [0.29, 0.717) is 0 Å². The molecule has 0 aliphatic carbocycles. The first-order chi connectivity index (χ1) is 4.77. The van der Waals surface area contributed by atoms with Crippen LogP contribution in [0.15, 0.2) is 0 Å². The molecule has 0 bridgehead atoms. The Bertz CT molecular complexity index is 102. The van der Waals surface area contributed by atoms with Gasteiger partial charge in [-0.1, -0.05) is 0 Å². The maximum Gasteiger partial charge on any atom is 0.111 e. The van der Waals surface area contributed by atoms with Crippen LogP contribution in [0.25, 0.3) is 0 Å². The van der Waals surface area contributed by atoms with Crippen molar-refractivity contribution in [1.29, 1.82) is 0 Å². The van der Waals surface area contributed by atoms with Gasteiger partial charge in [0.1, 0.15) is 4.93 Å². The summed E-state index contributed by atoms with van der Waals surface area (Å²) in [6, 6.07) is 0. The number of hydrogen-bond donors (Lipinski definition) is 1. The predicted molar refractivity (Wildman–Crippen MR) is 45.1 cm³/mol. The maximum atomic E-state index is 5.55. The number of rotatable bonds is 3. The van der Waals surface area contributed by atoms with E-state index in [1.54, 1.807) is 0 Å². The Morgan fingerprint density at radius 3 is 3.00 bits per heavy atom. The molecule has 1 rings (SSSR count). The lowest BCUT2D eigenvalue weighted by Gasteiger charge is -2.21. The molecule has 1 atom stereocenters. The highest BCUT2D eigenvalue weighted by molar-refractivity contribution is 8.00. The van der Waals surface area contributed by atoms with E-state index in [2.05, 4.69) is 6.92 Å². The maximum absolute atomic E-state index is 5.55. The van der Waals surface area contributed by atoms with Crippen LogP contribution in [0.3, 0.4) is 0 Å². The van der Waals surface area contributed by atoms with Crippen LogP contribution >= 0.6 is 11.8 Å². The van der Waals surface area contributed by atoms with Crippen molar-refractivity contribution in [2.24, 2.45) is 5.73 Å². The van der Waals surface area contributed by atoms with Crippen molar-refractivity contribution in [1.82, 2.24) is 0 Å². The quantitative estimate of drug-likeness (QED) is 0.675. The van der Waals surface area contributed by atoms with Gasteiger partial charge in [0.2, 0.25) is 0 Å². The van der Waals surface area contributed by atoms with Crippen LogP contribution in [0, 0.1) is 0 Å². The van der Waals surface area contributed by atoms with Crippen LogP contribution in [0.5, 0.6) is 0 Å². The number of hydrogen-bond acceptors (Lipinski definition) is 3. The fourth-order valence-electron chi connectivity index (χ4n) is 1.14. The lowest BCUT2D eigenvalue weighted by Crippen LogP contribution is -2.20. The van der Waals surface area contributed by atoms with E-state index in [4.69, 9.17) is 10.5 Å². The molecule has 0 saturated carbocycles. The van der Waals surface area contributed by atoms with Crippen molar-refractivity contribution in [3.63, 3.8) is 0 Å². The monoisotopic (exact) mass is 161 g/mol. The first-order valence-corrected chi connectivity index (χ1v) is 4.73. The van der Waals surface area contributed by atoms with Gasteiger partial charge in [0, 0.05) is 18.9 Å². The molecule has 0 amide bonds. The van der Waals surface area contributed by atoms with Crippen molar-refractivity contribution in [3.05, 3.63) is 0 Å². The Labute approximate surface area is 66.5 Å². The van der Waals surface area contributed by atoms with E-state index in [1.165, 1.54) is 12.8 Å². The number of thioether (sulfide) groups is 1. The molecule has 1 aliphatic heterocycles. The summed E-state index contributed by atoms with van der Waals surface area (Å²) in [6.45, 7) is 3.83. The van der Waals surface area contributed by atoms with Crippen molar-refractivity contribution in [2.45, 2.75) is 24.7 Å². The van der Waals surface area contributed by atoms with Gasteiger partial charge in [-0.3, -0.25) is 0 Å². The highest BCUT2D eigenvalue weighted by atomic mass is 32.2. The fourth-order valence-corrected chi connectivity index (χ4v) is 2.15. The number of nitrogens with two attached hydrogens (primary N) is 1. The van der Waals surface area contributed by atoms with Crippen LogP contribution in [-0.4, -0.2) is 23.8 Å². The van der Waals surface area contributed by atoms with Gasteiger partial charge in [0.15, 0.2) is 0 Å². The molecule has 2 N–H and O–H groups in total. The first-order valence-electron chi connectivity index (χ1n) is 3.75. The second kappa shape index (κ2) is 3.60. The molecule has 1 heterocycles. The average molecular weight is 161 g/mol. The molecule has 1 unspecified atom stereocenters. The standard InChI is InChI=1S/C7H15NOS/c1-7(10-6-4-8)3-2-5-9-7/h2-6,8H2,1H3. The zero-order valence-corrected chi connectivity index (χ0v) is 7.25. The Morgan fingerprint density at radius 2 is 2.50 bits per heavy atom. The van der Waals surface area contributed by atoms with Gasteiger partial charge >= 0.3 is 0 Å². The Kier molecular flexibility index (Phi) is 3.01. The smallest absolute Gasteiger partial charge is 0.111 e. The zero-order valence-electron chi connectivity index (χ0n) is 6.43. The summed E-state index contributed by atoms with van der Waals surface area (Å²) < 4.78 is 5.55. The summed E-state index contributed by atoms with van der Waals surface area (Å²) in [5.41, 5.74) is 5.39. The molecule has 0 aromatic heterocycles. The minimum absolute atomic E-state index is 0.0827. The van der Waals surface area contributed by atoms with Gasteiger partial charge in [-0.2, -0.15) is 0 Å². The zero-order chi connectivity index (χ0) is 7.45. The van der Waals surface area contributed by atoms with Crippen LogP contribution in [0.1, 0.15) is 19.8 Å². The topological polar surface area (TPSA) is 35.2 Å². The van der Waals surface area contributed by atoms with Crippen molar-refractivity contribution in [3.8, 4) is 0 Å². The fraction of sp³-hybridized carbons (Fsp3) is 1.00. The minimum atomic E-state index is 0.0827. The molecule has 0 radical (unpaired) electrons. The van der Waals surface area contributed by atoms with E-state index in [9.17, 15) is 0 Å². The van der Waals surface area contributed by atoms with Gasteiger partial charge in [0.05, 0.1) is 0 Å². The molecule has 1 fully saturated rings. The molecular formula is C7H15NOS. The molecule has 1 aliphatic rings. The van der Waals surface area contributed by atoms with E-state index >= 15 is 0 Å². The third-order valence-electron chi connectivity index (χ3n) is 1.71. The van der Waals surface area contributed by atoms with E-state index in [-0.39, 0.29) is 4.93 Å².